The van der Waals surface area contributed by atoms with E-state index in [2.05, 4.69) is 26.8 Å². The monoisotopic (exact) mass is 154 g/mol. The molecule has 1 unspecified atom stereocenters. The van der Waals surface area contributed by atoms with Crippen LogP contribution in [0.3, 0.4) is 0 Å². The van der Waals surface area contributed by atoms with E-state index in [1.807, 2.05) is 0 Å². The Balaban J connectivity index is 2.72. The maximum atomic E-state index is 9.40. The van der Waals surface area contributed by atoms with Gasteiger partial charge in [-0.3, -0.25) is 0 Å². The lowest BCUT2D eigenvalue weighted by atomic mass is 9.72. The molecule has 1 fully saturated rings. The normalized spacial score (nSPS) is 34.2. The summed E-state index contributed by atoms with van der Waals surface area (Å²) in [5, 5.41) is 9.40. The Bertz CT molecular complexity index is 168. The van der Waals surface area contributed by atoms with E-state index in [4.69, 9.17) is 0 Å². The minimum absolute atomic E-state index is 0.0887. The second-order valence-electron chi connectivity index (χ2n) is 4.09. The molecule has 0 heterocycles. The van der Waals surface area contributed by atoms with Gasteiger partial charge in [-0.1, -0.05) is 25.5 Å². The summed E-state index contributed by atoms with van der Waals surface area (Å²) in [4.78, 5) is 0. The predicted molar refractivity (Wildman–Crippen MR) is 47.4 cm³/mol. The molecule has 0 aromatic rings. The van der Waals surface area contributed by atoms with Crippen LogP contribution in [0.15, 0.2) is 11.6 Å². The Kier molecular flexibility index (Phi) is 2.38. The van der Waals surface area contributed by atoms with Crippen molar-refractivity contribution in [2.75, 3.05) is 0 Å². The van der Waals surface area contributed by atoms with Crippen LogP contribution in [0.1, 0.15) is 40.0 Å². The van der Waals surface area contributed by atoms with E-state index in [-0.39, 0.29) is 6.10 Å². The molecule has 1 atom stereocenters. The molecule has 1 aliphatic rings. The van der Waals surface area contributed by atoms with E-state index in [9.17, 15) is 5.11 Å². The van der Waals surface area contributed by atoms with E-state index in [1.54, 1.807) is 0 Å². The maximum absolute atomic E-state index is 9.40. The van der Waals surface area contributed by atoms with Gasteiger partial charge >= 0.3 is 0 Å². The number of rotatable bonds is 0. The van der Waals surface area contributed by atoms with Gasteiger partial charge in [0.05, 0.1) is 6.10 Å². The van der Waals surface area contributed by atoms with Crippen LogP contribution in [0.5, 0.6) is 0 Å². The van der Waals surface area contributed by atoms with E-state index in [1.165, 1.54) is 5.57 Å². The van der Waals surface area contributed by atoms with Crippen molar-refractivity contribution in [1.29, 1.82) is 0 Å². The number of aliphatic hydroxyl groups is 1. The van der Waals surface area contributed by atoms with Crippen molar-refractivity contribution in [3.63, 3.8) is 0 Å². The Morgan fingerprint density at radius 1 is 1.55 bits per heavy atom. The summed E-state index contributed by atoms with van der Waals surface area (Å²) < 4.78 is 0. The molecule has 11 heavy (non-hydrogen) atoms. The van der Waals surface area contributed by atoms with Crippen LogP contribution >= 0.6 is 0 Å². The smallest absolute Gasteiger partial charge is 0.0577 e. The average molecular weight is 154 g/mol. The number of hydrogen-bond donors (Lipinski definition) is 1. The summed E-state index contributed by atoms with van der Waals surface area (Å²) in [6, 6.07) is 0. The molecule has 1 aliphatic carbocycles. The summed E-state index contributed by atoms with van der Waals surface area (Å²) in [5.74, 6) is 0. The first kappa shape index (κ1) is 8.79. The lowest BCUT2D eigenvalue weighted by molar-refractivity contribution is 0.117. The fourth-order valence-electron chi connectivity index (χ4n) is 1.83. The fraction of sp³-hybridized carbons (Fsp3) is 0.800. The highest BCUT2D eigenvalue weighted by molar-refractivity contribution is 5.14. The van der Waals surface area contributed by atoms with Gasteiger partial charge in [0, 0.05) is 0 Å². The zero-order chi connectivity index (χ0) is 8.48. The molecule has 1 saturated carbocycles. The van der Waals surface area contributed by atoms with Gasteiger partial charge in [0.15, 0.2) is 0 Å². The van der Waals surface area contributed by atoms with Crippen LogP contribution in [0, 0.1) is 5.41 Å². The molecule has 1 N–H and O–H groups in total. The van der Waals surface area contributed by atoms with Crippen molar-refractivity contribution in [2.24, 2.45) is 5.41 Å². The van der Waals surface area contributed by atoms with Gasteiger partial charge in [0.2, 0.25) is 0 Å². The van der Waals surface area contributed by atoms with Crippen molar-refractivity contribution in [1.82, 2.24) is 0 Å². The van der Waals surface area contributed by atoms with Crippen molar-refractivity contribution >= 4 is 0 Å². The molecular formula is C10H18O. The average Bonchev–Trinajstić information content (AvgIpc) is 1.94. The molecule has 0 amide bonds. The van der Waals surface area contributed by atoms with Gasteiger partial charge in [-0.25, -0.2) is 0 Å². The zero-order valence-electron chi connectivity index (χ0n) is 7.72. The van der Waals surface area contributed by atoms with Gasteiger partial charge < -0.3 is 5.11 Å². The highest BCUT2D eigenvalue weighted by Gasteiger charge is 2.29. The summed E-state index contributed by atoms with van der Waals surface area (Å²) in [6.45, 7) is 6.58. The van der Waals surface area contributed by atoms with Gasteiger partial charge in [0.25, 0.3) is 0 Å². The quantitative estimate of drug-likeness (QED) is 0.531. The highest BCUT2D eigenvalue weighted by atomic mass is 16.3. The second kappa shape index (κ2) is 2.98. The molecule has 1 rings (SSSR count). The Morgan fingerprint density at radius 3 is 2.64 bits per heavy atom. The predicted octanol–water partition coefficient (Wildman–Crippen LogP) is 2.50. The van der Waals surface area contributed by atoms with Crippen molar-refractivity contribution in [3.8, 4) is 0 Å². The van der Waals surface area contributed by atoms with Crippen molar-refractivity contribution in [2.45, 2.75) is 46.1 Å². The molecule has 0 bridgehead atoms. The molecule has 0 aromatic carbocycles. The zero-order valence-corrected chi connectivity index (χ0v) is 7.72. The minimum atomic E-state index is -0.0887. The van der Waals surface area contributed by atoms with Crippen LogP contribution < -0.4 is 0 Å². The first-order valence-corrected chi connectivity index (χ1v) is 4.40. The van der Waals surface area contributed by atoms with Crippen LogP contribution in [-0.2, 0) is 0 Å². The Labute approximate surface area is 69.1 Å². The number of allylic oxidation sites excluding steroid dienone is 1. The summed E-state index contributed by atoms with van der Waals surface area (Å²) in [5.41, 5.74) is 1.74. The molecule has 64 valence electrons. The van der Waals surface area contributed by atoms with Crippen LogP contribution in [0.25, 0.3) is 0 Å². The second-order valence-corrected chi connectivity index (χ2v) is 4.09. The summed E-state index contributed by atoms with van der Waals surface area (Å²) in [6.07, 6.45) is 5.03. The van der Waals surface area contributed by atoms with E-state index < -0.39 is 0 Å². The molecule has 1 heteroatoms. The first-order valence-electron chi connectivity index (χ1n) is 4.40. The third-order valence-electron chi connectivity index (χ3n) is 2.78. The Morgan fingerprint density at radius 2 is 2.18 bits per heavy atom. The molecule has 0 aliphatic heterocycles. The van der Waals surface area contributed by atoms with Crippen LogP contribution in [-0.4, -0.2) is 11.2 Å². The van der Waals surface area contributed by atoms with E-state index >= 15 is 0 Å². The van der Waals surface area contributed by atoms with Crippen LogP contribution in [0.2, 0.25) is 0 Å². The number of hydrogen-bond acceptors (Lipinski definition) is 1. The van der Waals surface area contributed by atoms with Crippen molar-refractivity contribution in [3.05, 3.63) is 11.6 Å². The third kappa shape index (κ3) is 1.84. The highest BCUT2D eigenvalue weighted by Crippen LogP contribution is 2.39. The van der Waals surface area contributed by atoms with E-state index in [0.29, 0.717) is 5.41 Å². The molecule has 0 aromatic heterocycles. The molecule has 1 nitrogen and oxygen atoms in total. The molecule has 0 spiro atoms. The lowest BCUT2D eigenvalue weighted by Gasteiger charge is -2.35. The summed E-state index contributed by atoms with van der Waals surface area (Å²) in [7, 11) is 0. The van der Waals surface area contributed by atoms with Crippen LogP contribution in [0.4, 0.5) is 0 Å². The van der Waals surface area contributed by atoms with Gasteiger partial charge in [-0.05, 0) is 31.6 Å². The minimum Gasteiger partial charge on any atom is -0.393 e. The molecule has 0 radical (unpaired) electrons. The largest absolute Gasteiger partial charge is 0.393 e. The maximum Gasteiger partial charge on any atom is 0.0577 e. The van der Waals surface area contributed by atoms with Gasteiger partial charge in [0.1, 0.15) is 0 Å². The Hall–Kier alpha value is -0.300. The van der Waals surface area contributed by atoms with Gasteiger partial charge in [-0.15, -0.1) is 0 Å². The number of aliphatic hydroxyl groups excluding tert-OH is 1. The first-order chi connectivity index (χ1) is 5.06. The fourth-order valence-corrected chi connectivity index (χ4v) is 1.83. The molecular weight excluding hydrogens is 136 g/mol. The third-order valence-corrected chi connectivity index (χ3v) is 2.78. The van der Waals surface area contributed by atoms with Gasteiger partial charge in [-0.2, -0.15) is 0 Å². The topological polar surface area (TPSA) is 20.2 Å². The SMILES string of the molecule is C/C=C1\CC(O)CCC1(C)C. The summed E-state index contributed by atoms with van der Waals surface area (Å²) >= 11 is 0. The molecule has 0 saturated heterocycles. The standard InChI is InChI=1S/C10H18O/c1-4-8-7-9(11)5-6-10(8,2)3/h4,9,11H,5-7H2,1-3H3/b8-4+. The lowest BCUT2D eigenvalue weighted by Crippen LogP contribution is -2.26. The van der Waals surface area contributed by atoms with Crippen molar-refractivity contribution < 1.29 is 5.11 Å². The van der Waals surface area contributed by atoms with E-state index in [0.717, 1.165) is 19.3 Å².